The molecule has 0 aromatic heterocycles. The average molecular weight is 162 g/mol. The lowest BCUT2D eigenvalue weighted by Gasteiger charge is -1.93. The number of hydrogen-bond donors (Lipinski definition) is 3. The van der Waals surface area contributed by atoms with E-state index in [1.54, 1.807) is 0 Å². The van der Waals surface area contributed by atoms with Crippen LogP contribution >= 0.6 is 12.6 Å². The van der Waals surface area contributed by atoms with Gasteiger partial charge in [-0.3, -0.25) is 4.79 Å². The van der Waals surface area contributed by atoms with Crippen molar-refractivity contribution in [3.8, 4) is 0 Å². The van der Waals surface area contributed by atoms with Crippen LogP contribution in [-0.4, -0.2) is 27.4 Å². The van der Waals surface area contributed by atoms with Gasteiger partial charge >= 0.3 is 11.9 Å². The summed E-state index contributed by atoms with van der Waals surface area (Å²) < 4.78 is 0. The number of carbonyl (C=O) groups is 2. The fourth-order valence-electron chi connectivity index (χ4n) is 0.256. The molecule has 5 heteroatoms. The quantitative estimate of drug-likeness (QED) is 0.403. The molecule has 0 aliphatic carbocycles. The Hall–Kier alpha value is -0.970. The van der Waals surface area contributed by atoms with Crippen molar-refractivity contribution in [1.82, 2.24) is 0 Å². The van der Waals surface area contributed by atoms with Crippen LogP contribution in [0.3, 0.4) is 0 Å². The summed E-state index contributed by atoms with van der Waals surface area (Å²) in [7, 11) is 0. The molecule has 0 rings (SSSR count). The second-order valence-corrected chi connectivity index (χ2v) is 2.04. The highest BCUT2D eigenvalue weighted by Crippen LogP contribution is 1.95. The van der Waals surface area contributed by atoms with Gasteiger partial charge in [0.1, 0.15) is 5.25 Å². The summed E-state index contributed by atoms with van der Waals surface area (Å²) in [4.78, 5) is 19.8. The third-order valence-corrected chi connectivity index (χ3v) is 1.07. The Morgan fingerprint density at radius 3 is 2.20 bits per heavy atom. The van der Waals surface area contributed by atoms with Gasteiger partial charge in [-0.25, -0.2) is 4.79 Å². The van der Waals surface area contributed by atoms with Gasteiger partial charge in [-0.15, -0.1) is 0 Å². The number of hydrogen-bond acceptors (Lipinski definition) is 3. The molecule has 0 bridgehead atoms. The maximum absolute atomic E-state index is 9.99. The molecule has 0 heterocycles. The topological polar surface area (TPSA) is 74.6 Å². The zero-order chi connectivity index (χ0) is 8.15. The van der Waals surface area contributed by atoms with Crippen molar-refractivity contribution in [3.05, 3.63) is 12.2 Å². The van der Waals surface area contributed by atoms with Crippen molar-refractivity contribution in [2.45, 2.75) is 5.25 Å². The summed E-state index contributed by atoms with van der Waals surface area (Å²) in [6, 6.07) is 0. The smallest absolute Gasteiger partial charge is 0.328 e. The highest BCUT2D eigenvalue weighted by molar-refractivity contribution is 7.82. The van der Waals surface area contributed by atoms with Crippen LogP contribution in [0, 0.1) is 0 Å². The molecule has 0 fully saturated rings. The van der Waals surface area contributed by atoms with Crippen LogP contribution in [0.15, 0.2) is 12.2 Å². The van der Waals surface area contributed by atoms with Crippen LogP contribution in [-0.2, 0) is 9.59 Å². The van der Waals surface area contributed by atoms with Gasteiger partial charge in [0.25, 0.3) is 0 Å². The first kappa shape index (κ1) is 9.03. The summed E-state index contributed by atoms with van der Waals surface area (Å²) in [5.74, 6) is -2.35. The molecule has 0 aromatic carbocycles. The molecule has 1 atom stereocenters. The SMILES string of the molecule is O=C(O)C=CC(S)C(=O)O. The van der Waals surface area contributed by atoms with Gasteiger partial charge in [0.15, 0.2) is 0 Å². The average Bonchev–Trinajstić information content (AvgIpc) is 1.82. The molecule has 0 saturated heterocycles. The van der Waals surface area contributed by atoms with Gasteiger partial charge in [0.2, 0.25) is 0 Å². The Morgan fingerprint density at radius 1 is 1.40 bits per heavy atom. The van der Waals surface area contributed by atoms with Crippen LogP contribution in [0.25, 0.3) is 0 Å². The Balaban J connectivity index is 3.89. The maximum Gasteiger partial charge on any atom is 0.328 e. The van der Waals surface area contributed by atoms with Gasteiger partial charge < -0.3 is 10.2 Å². The normalized spacial score (nSPS) is 13.3. The minimum Gasteiger partial charge on any atom is -0.480 e. The van der Waals surface area contributed by atoms with Crippen LogP contribution < -0.4 is 0 Å². The third-order valence-electron chi connectivity index (χ3n) is 0.674. The minimum absolute atomic E-state index is 0.742. The molecule has 4 nitrogen and oxygen atoms in total. The summed E-state index contributed by atoms with van der Waals surface area (Å²) in [6.07, 6.45) is 1.72. The fraction of sp³-hybridized carbons (Fsp3) is 0.200. The molecule has 10 heavy (non-hydrogen) atoms. The van der Waals surface area contributed by atoms with Crippen molar-refractivity contribution >= 4 is 24.6 Å². The van der Waals surface area contributed by atoms with Crippen LogP contribution in [0.2, 0.25) is 0 Å². The zero-order valence-corrected chi connectivity index (χ0v) is 5.78. The second kappa shape index (κ2) is 3.94. The third kappa shape index (κ3) is 3.96. The van der Waals surface area contributed by atoms with E-state index in [4.69, 9.17) is 10.2 Å². The Labute approximate surface area is 62.6 Å². The first-order chi connectivity index (χ1) is 4.54. The number of carboxylic acid groups (broad SMARTS) is 2. The summed E-state index contributed by atoms with van der Waals surface area (Å²) in [5.41, 5.74) is 0. The number of rotatable bonds is 3. The Bertz CT molecular complexity index is 174. The van der Waals surface area contributed by atoms with Gasteiger partial charge in [0.05, 0.1) is 0 Å². The molecule has 0 amide bonds. The van der Waals surface area contributed by atoms with Gasteiger partial charge in [0, 0.05) is 6.08 Å². The highest BCUT2D eigenvalue weighted by atomic mass is 32.1. The predicted molar refractivity (Wildman–Crippen MR) is 37.2 cm³/mol. The molecule has 0 radical (unpaired) electrons. The summed E-state index contributed by atoms with van der Waals surface area (Å²) in [5, 5.41) is 15.2. The molecule has 0 spiro atoms. The highest BCUT2D eigenvalue weighted by Gasteiger charge is 2.06. The molecule has 56 valence electrons. The van der Waals surface area contributed by atoms with E-state index in [0.29, 0.717) is 0 Å². The van der Waals surface area contributed by atoms with Crippen molar-refractivity contribution in [1.29, 1.82) is 0 Å². The van der Waals surface area contributed by atoms with E-state index in [0.717, 1.165) is 12.2 Å². The second-order valence-electron chi connectivity index (χ2n) is 1.48. The van der Waals surface area contributed by atoms with Crippen molar-refractivity contribution in [3.63, 3.8) is 0 Å². The van der Waals surface area contributed by atoms with Gasteiger partial charge in [-0.1, -0.05) is 6.08 Å². The van der Waals surface area contributed by atoms with E-state index >= 15 is 0 Å². The van der Waals surface area contributed by atoms with Gasteiger partial charge in [-0.2, -0.15) is 12.6 Å². The number of thiol groups is 1. The molecular weight excluding hydrogens is 156 g/mol. The first-order valence-electron chi connectivity index (χ1n) is 2.36. The summed E-state index contributed by atoms with van der Waals surface area (Å²) in [6.45, 7) is 0. The fourth-order valence-corrected chi connectivity index (χ4v) is 0.342. The molecule has 1 unspecified atom stereocenters. The van der Waals surface area contributed by atoms with E-state index in [9.17, 15) is 9.59 Å². The number of aliphatic carboxylic acids is 2. The van der Waals surface area contributed by atoms with E-state index in [1.165, 1.54) is 0 Å². The van der Waals surface area contributed by atoms with E-state index in [2.05, 4.69) is 12.6 Å². The lowest BCUT2D eigenvalue weighted by atomic mass is 10.4. The maximum atomic E-state index is 9.99. The Morgan fingerprint density at radius 2 is 1.90 bits per heavy atom. The van der Waals surface area contributed by atoms with Crippen LogP contribution in [0.4, 0.5) is 0 Å². The Kier molecular flexibility index (Phi) is 3.56. The number of carboxylic acids is 2. The molecule has 0 saturated carbocycles. The molecule has 2 N–H and O–H groups in total. The van der Waals surface area contributed by atoms with Crippen molar-refractivity contribution < 1.29 is 19.8 Å². The molecular formula is C5H6O4S. The lowest BCUT2D eigenvalue weighted by molar-refractivity contribution is -0.135. The van der Waals surface area contributed by atoms with E-state index < -0.39 is 17.2 Å². The van der Waals surface area contributed by atoms with Crippen LogP contribution in [0.5, 0.6) is 0 Å². The minimum atomic E-state index is -1.18. The van der Waals surface area contributed by atoms with E-state index in [-0.39, 0.29) is 0 Å². The van der Waals surface area contributed by atoms with E-state index in [1.807, 2.05) is 0 Å². The lowest BCUT2D eigenvalue weighted by Crippen LogP contribution is -2.10. The van der Waals surface area contributed by atoms with Crippen molar-refractivity contribution in [2.24, 2.45) is 0 Å². The van der Waals surface area contributed by atoms with Crippen molar-refractivity contribution in [2.75, 3.05) is 0 Å². The van der Waals surface area contributed by atoms with Gasteiger partial charge in [-0.05, 0) is 0 Å². The predicted octanol–water partition coefficient (Wildman–Crippen LogP) is 0.0102. The molecule has 0 aromatic rings. The largest absolute Gasteiger partial charge is 0.480 e. The first-order valence-corrected chi connectivity index (χ1v) is 2.87. The molecule has 0 aliphatic rings. The zero-order valence-electron chi connectivity index (χ0n) is 4.89. The monoisotopic (exact) mass is 162 g/mol. The standard InChI is InChI=1S/C5H6O4S/c6-4(7)2-1-3(10)5(8)9/h1-3,10H,(H,6,7)(H,8,9). The molecule has 0 aliphatic heterocycles. The summed E-state index contributed by atoms with van der Waals surface area (Å²) >= 11 is 3.55. The van der Waals surface area contributed by atoms with Crippen LogP contribution in [0.1, 0.15) is 0 Å².